The maximum atomic E-state index is 12.5. The van der Waals surface area contributed by atoms with Crippen LogP contribution in [0.15, 0.2) is 53.2 Å². The highest BCUT2D eigenvalue weighted by Gasteiger charge is 2.33. The van der Waals surface area contributed by atoms with Crippen LogP contribution in [-0.2, 0) is 11.2 Å². The van der Waals surface area contributed by atoms with Gasteiger partial charge in [-0.15, -0.1) is 22.7 Å². The number of amides is 1. The van der Waals surface area contributed by atoms with Crippen LogP contribution in [0.2, 0.25) is 0 Å². The molecule has 0 saturated heterocycles. The van der Waals surface area contributed by atoms with Crippen LogP contribution >= 0.6 is 22.7 Å². The molecule has 1 aliphatic carbocycles. The Labute approximate surface area is 149 Å². The van der Waals surface area contributed by atoms with Gasteiger partial charge in [0.2, 0.25) is 5.91 Å². The van der Waals surface area contributed by atoms with Crippen molar-refractivity contribution in [1.29, 1.82) is 0 Å². The number of aromatic nitrogens is 1. The molecule has 1 saturated carbocycles. The molecule has 1 fully saturated rings. The predicted molar refractivity (Wildman–Crippen MR) is 99.2 cm³/mol. The van der Waals surface area contributed by atoms with E-state index in [0.29, 0.717) is 12.3 Å². The number of rotatable bonds is 6. The van der Waals surface area contributed by atoms with E-state index >= 15 is 0 Å². The third-order valence-corrected chi connectivity index (χ3v) is 6.12. The molecule has 1 aliphatic rings. The average Bonchev–Trinajstić information content (AvgIpc) is 3.09. The Hall–Kier alpha value is -1.98. The van der Waals surface area contributed by atoms with Gasteiger partial charge in [-0.1, -0.05) is 36.4 Å². The molecule has 24 heavy (non-hydrogen) atoms. The smallest absolute Gasteiger partial charge is 0.226 e. The summed E-state index contributed by atoms with van der Waals surface area (Å²) in [5, 5.41) is 8.25. The molecule has 1 N–H and O–H groups in total. The molecule has 1 unspecified atom stereocenters. The number of benzene rings is 1. The molecule has 1 amide bonds. The molecule has 3 aromatic rings. The fourth-order valence-electron chi connectivity index (χ4n) is 2.85. The van der Waals surface area contributed by atoms with Crippen LogP contribution in [0.4, 0.5) is 0 Å². The highest BCUT2D eigenvalue weighted by molar-refractivity contribution is 7.20. The summed E-state index contributed by atoms with van der Waals surface area (Å²) in [4.78, 5) is 18.2. The van der Waals surface area contributed by atoms with Crippen LogP contribution < -0.4 is 5.32 Å². The summed E-state index contributed by atoms with van der Waals surface area (Å²) >= 11 is 3.28. The van der Waals surface area contributed by atoms with Crippen LogP contribution in [0.5, 0.6) is 0 Å². The lowest BCUT2D eigenvalue weighted by Gasteiger charge is -2.18. The lowest BCUT2D eigenvalue weighted by molar-refractivity contribution is -0.121. The van der Waals surface area contributed by atoms with Gasteiger partial charge < -0.3 is 5.32 Å². The second-order valence-corrected chi connectivity index (χ2v) is 7.90. The largest absolute Gasteiger partial charge is 0.349 e. The molecule has 0 aliphatic heterocycles. The third kappa shape index (κ3) is 3.57. The van der Waals surface area contributed by atoms with E-state index in [-0.39, 0.29) is 11.9 Å². The number of hydrogen-bond acceptors (Lipinski definition) is 4. The quantitative estimate of drug-likeness (QED) is 0.698. The lowest BCUT2D eigenvalue weighted by atomic mass is 10.0. The highest BCUT2D eigenvalue weighted by Crippen LogP contribution is 2.41. The highest BCUT2D eigenvalue weighted by atomic mass is 32.1. The van der Waals surface area contributed by atoms with Gasteiger partial charge in [0.25, 0.3) is 0 Å². The first-order valence-corrected chi connectivity index (χ1v) is 9.88. The van der Waals surface area contributed by atoms with Crippen LogP contribution in [0.25, 0.3) is 9.88 Å². The van der Waals surface area contributed by atoms with E-state index < -0.39 is 0 Å². The van der Waals surface area contributed by atoms with Gasteiger partial charge in [-0.25, -0.2) is 4.98 Å². The molecule has 1 aromatic carbocycles. The Kier molecular flexibility index (Phi) is 4.45. The summed E-state index contributed by atoms with van der Waals surface area (Å²) in [5.74, 6) is 0.632. The molecule has 2 heterocycles. The zero-order chi connectivity index (χ0) is 16.4. The van der Waals surface area contributed by atoms with E-state index in [9.17, 15) is 4.79 Å². The molecule has 122 valence electrons. The van der Waals surface area contributed by atoms with Gasteiger partial charge in [0.05, 0.1) is 23.0 Å². The average molecular weight is 355 g/mol. The Morgan fingerprint density at radius 1 is 1.17 bits per heavy atom. The Bertz CT molecular complexity index is 807. The minimum Gasteiger partial charge on any atom is -0.349 e. The van der Waals surface area contributed by atoms with Crippen LogP contribution in [0.3, 0.4) is 0 Å². The molecular weight excluding hydrogens is 336 g/mol. The summed E-state index contributed by atoms with van der Waals surface area (Å²) in [5.41, 5.74) is 2.05. The standard InChI is InChI=1S/C19H18N2OS2/c22-17(11-15-12-24-19(20-15)16-7-4-10-23-16)21-18(14-8-9-14)13-5-2-1-3-6-13/h1-7,10,12,14,18H,8-9,11H2,(H,21,22). The summed E-state index contributed by atoms with van der Waals surface area (Å²) in [6.07, 6.45) is 2.73. The van der Waals surface area contributed by atoms with Crippen LogP contribution in [-0.4, -0.2) is 10.9 Å². The molecule has 0 bridgehead atoms. The fourth-order valence-corrected chi connectivity index (χ4v) is 4.49. The normalized spacial score (nSPS) is 15.2. The van der Waals surface area contributed by atoms with Crippen molar-refractivity contribution in [2.24, 2.45) is 5.92 Å². The van der Waals surface area contributed by atoms with Gasteiger partial charge in [-0.05, 0) is 35.8 Å². The van der Waals surface area contributed by atoms with Gasteiger partial charge in [-0.3, -0.25) is 4.79 Å². The molecule has 2 aromatic heterocycles. The fraction of sp³-hybridized carbons (Fsp3) is 0.263. The van der Waals surface area contributed by atoms with Gasteiger partial charge in [0, 0.05) is 5.38 Å². The van der Waals surface area contributed by atoms with E-state index in [2.05, 4.69) is 28.5 Å². The first-order valence-electron chi connectivity index (χ1n) is 8.12. The Morgan fingerprint density at radius 2 is 2.00 bits per heavy atom. The van der Waals surface area contributed by atoms with Crippen LogP contribution in [0, 0.1) is 5.92 Å². The van der Waals surface area contributed by atoms with Crippen molar-refractivity contribution in [3.05, 3.63) is 64.5 Å². The van der Waals surface area contributed by atoms with Crippen molar-refractivity contribution in [2.45, 2.75) is 25.3 Å². The number of carbonyl (C=O) groups is 1. The topological polar surface area (TPSA) is 42.0 Å². The SMILES string of the molecule is O=C(Cc1csc(-c2cccs2)n1)NC(c1ccccc1)C1CC1. The second-order valence-electron chi connectivity index (χ2n) is 6.09. The van der Waals surface area contributed by atoms with Crippen molar-refractivity contribution in [3.8, 4) is 9.88 Å². The first-order chi connectivity index (χ1) is 11.8. The summed E-state index contributed by atoms with van der Waals surface area (Å²) in [6, 6.07) is 14.5. The van der Waals surface area contributed by atoms with Gasteiger partial charge in [-0.2, -0.15) is 0 Å². The third-order valence-electron chi connectivity index (χ3n) is 4.19. The number of nitrogens with one attached hydrogen (secondary N) is 1. The second kappa shape index (κ2) is 6.87. The van der Waals surface area contributed by atoms with E-state index in [1.165, 1.54) is 18.4 Å². The van der Waals surface area contributed by atoms with Crippen molar-refractivity contribution in [1.82, 2.24) is 10.3 Å². The zero-order valence-electron chi connectivity index (χ0n) is 13.1. The molecular formula is C19H18N2OS2. The Balaban J connectivity index is 1.42. The minimum absolute atomic E-state index is 0.0544. The maximum Gasteiger partial charge on any atom is 0.226 e. The van der Waals surface area contributed by atoms with Crippen molar-refractivity contribution in [3.63, 3.8) is 0 Å². The minimum atomic E-state index is 0.0544. The van der Waals surface area contributed by atoms with E-state index in [4.69, 9.17) is 0 Å². The van der Waals surface area contributed by atoms with Crippen molar-refractivity contribution < 1.29 is 4.79 Å². The summed E-state index contributed by atoms with van der Waals surface area (Å²) in [7, 11) is 0. The molecule has 4 rings (SSSR count). The summed E-state index contributed by atoms with van der Waals surface area (Å²) < 4.78 is 0. The number of nitrogens with zero attached hydrogens (tertiary/aromatic N) is 1. The van der Waals surface area contributed by atoms with Crippen molar-refractivity contribution >= 4 is 28.6 Å². The predicted octanol–water partition coefficient (Wildman–Crippen LogP) is 4.68. The van der Waals surface area contributed by atoms with E-state index in [1.54, 1.807) is 22.7 Å². The van der Waals surface area contributed by atoms with Gasteiger partial charge in [0.1, 0.15) is 5.01 Å². The zero-order valence-corrected chi connectivity index (χ0v) is 14.8. The van der Waals surface area contributed by atoms with Gasteiger partial charge >= 0.3 is 0 Å². The molecule has 0 spiro atoms. The van der Waals surface area contributed by atoms with E-state index in [1.807, 2.05) is 35.0 Å². The first kappa shape index (κ1) is 15.5. The summed E-state index contributed by atoms with van der Waals surface area (Å²) in [6.45, 7) is 0. The van der Waals surface area contributed by atoms with Crippen molar-refractivity contribution in [2.75, 3.05) is 0 Å². The molecule has 3 nitrogen and oxygen atoms in total. The number of thiophene rings is 1. The molecule has 5 heteroatoms. The number of carbonyl (C=O) groups excluding carboxylic acids is 1. The monoisotopic (exact) mass is 354 g/mol. The van der Waals surface area contributed by atoms with Crippen LogP contribution in [0.1, 0.15) is 30.1 Å². The lowest BCUT2D eigenvalue weighted by Crippen LogP contribution is -2.31. The maximum absolute atomic E-state index is 12.5. The number of hydrogen-bond donors (Lipinski definition) is 1. The number of thiazole rings is 1. The van der Waals surface area contributed by atoms with Gasteiger partial charge in [0.15, 0.2) is 0 Å². The van der Waals surface area contributed by atoms with E-state index in [0.717, 1.165) is 15.6 Å². The Morgan fingerprint density at radius 3 is 2.71 bits per heavy atom. The molecule has 0 radical (unpaired) electrons. The molecule has 1 atom stereocenters.